The molecule has 1 atom stereocenters. The van der Waals surface area contributed by atoms with Crippen LogP contribution >= 0.6 is 11.6 Å². The Hall–Kier alpha value is -2.62. The van der Waals surface area contributed by atoms with E-state index in [1.165, 1.54) is 11.9 Å². The summed E-state index contributed by atoms with van der Waals surface area (Å²) in [6.07, 6.45) is 1.02. The second kappa shape index (κ2) is 11.3. The van der Waals surface area contributed by atoms with Crippen LogP contribution in [0.25, 0.3) is 0 Å². The fourth-order valence-corrected chi connectivity index (χ4v) is 3.43. The Kier molecular flexibility index (Phi) is 9.06. The molecule has 0 fully saturated rings. The van der Waals surface area contributed by atoms with Crippen LogP contribution in [0.15, 0.2) is 48.5 Å². The molecule has 0 aliphatic rings. The molecule has 8 nitrogen and oxygen atoms in total. The molecule has 2 rings (SSSR count). The number of rotatable bonds is 10. The molecule has 0 aliphatic heterocycles. The van der Waals surface area contributed by atoms with Gasteiger partial charge in [0, 0.05) is 25.2 Å². The Balaban J connectivity index is 2.19. The molecular formula is C22H28ClN3O5S. The maximum atomic E-state index is 13.0. The Morgan fingerprint density at radius 1 is 1.12 bits per heavy atom. The number of nitrogens with one attached hydrogen (secondary N) is 1. The summed E-state index contributed by atoms with van der Waals surface area (Å²) in [5.41, 5.74) is 1.52. The zero-order valence-electron chi connectivity index (χ0n) is 18.5. The lowest BCUT2D eigenvalue weighted by atomic mass is 10.1. The Bertz CT molecular complexity index is 1040. The third-order valence-corrected chi connectivity index (χ3v) is 6.64. The molecule has 0 saturated heterocycles. The van der Waals surface area contributed by atoms with Crippen molar-refractivity contribution in [1.29, 1.82) is 0 Å². The second-order valence-electron chi connectivity index (χ2n) is 7.37. The number of amides is 2. The van der Waals surface area contributed by atoms with Crippen LogP contribution in [-0.2, 0) is 32.7 Å². The van der Waals surface area contributed by atoms with E-state index in [9.17, 15) is 18.0 Å². The maximum absolute atomic E-state index is 13.0. The van der Waals surface area contributed by atoms with Gasteiger partial charge in [0.15, 0.2) is 0 Å². The smallest absolute Gasteiger partial charge is 0.242 e. The minimum atomic E-state index is -3.56. The highest BCUT2D eigenvalue weighted by Gasteiger charge is 2.28. The van der Waals surface area contributed by atoms with E-state index in [0.717, 1.165) is 21.7 Å². The fourth-order valence-electron chi connectivity index (χ4n) is 2.88. The topological polar surface area (TPSA) is 96.0 Å². The molecule has 0 aromatic heterocycles. The number of nitrogens with zero attached hydrogens (tertiary/aromatic N) is 2. The Morgan fingerprint density at radius 3 is 2.31 bits per heavy atom. The number of halogens is 1. The summed E-state index contributed by atoms with van der Waals surface area (Å²) in [4.78, 5) is 27.2. The van der Waals surface area contributed by atoms with Gasteiger partial charge in [-0.3, -0.25) is 9.59 Å². The minimum absolute atomic E-state index is 0.126. The molecule has 32 heavy (non-hydrogen) atoms. The molecule has 0 heterocycles. The molecule has 174 valence electrons. The van der Waals surface area contributed by atoms with Gasteiger partial charge in [-0.1, -0.05) is 41.9 Å². The predicted octanol–water partition coefficient (Wildman–Crippen LogP) is 2.27. The van der Waals surface area contributed by atoms with Gasteiger partial charge in [0.1, 0.15) is 11.8 Å². The molecule has 1 N–H and O–H groups in total. The molecule has 0 unspecified atom stereocenters. The van der Waals surface area contributed by atoms with E-state index in [-0.39, 0.29) is 25.5 Å². The van der Waals surface area contributed by atoms with E-state index in [1.54, 1.807) is 56.5 Å². The predicted molar refractivity (Wildman–Crippen MR) is 124 cm³/mol. The molecule has 10 heteroatoms. The lowest BCUT2D eigenvalue weighted by molar-refractivity contribution is -0.140. The number of carbonyl (C=O) groups excluding carboxylic acids is 2. The van der Waals surface area contributed by atoms with E-state index in [4.69, 9.17) is 16.3 Å². The van der Waals surface area contributed by atoms with Gasteiger partial charge in [-0.05, 0) is 36.2 Å². The van der Waals surface area contributed by atoms with Gasteiger partial charge in [0.05, 0.1) is 19.9 Å². The molecule has 0 aliphatic carbocycles. The van der Waals surface area contributed by atoms with Crippen LogP contribution in [0.4, 0.5) is 0 Å². The SMILES string of the molecule is COc1ccc(CN(C(=O)CN(C)S(C)(=O)=O)[C@@H](C)C(=O)NCc2ccccc2Cl)cc1. The highest BCUT2D eigenvalue weighted by molar-refractivity contribution is 7.88. The molecule has 0 bridgehead atoms. The van der Waals surface area contributed by atoms with Crippen molar-refractivity contribution in [3.8, 4) is 5.75 Å². The Morgan fingerprint density at radius 2 is 1.75 bits per heavy atom. The van der Waals surface area contributed by atoms with Crippen molar-refractivity contribution in [2.75, 3.05) is 27.0 Å². The van der Waals surface area contributed by atoms with Gasteiger partial charge >= 0.3 is 0 Å². The zero-order chi connectivity index (χ0) is 23.9. The average Bonchev–Trinajstić information content (AvgIpc) is 2.75. The first-order valence-electron chi connectivity index (χ1n) is 9.87. The molecular weight excluding hydrogens is 454 g/mol. The first-order valence-corrected chi connectivity index (χ1v) is 12.1. The van der Waals surface area contributed by atoms with Crippen molar-refractivity contribution in [3.05, 3.63) is 64.7 Å². The van der Waals surface area contributed by atoms with E-state index in [2.05, 4.69) is 5.32 Å². The van der Waals surface area contributed by atoms with Crippen molar-refractivity contribution in [3.63, 3.8) is 0 Å². The number of benzene rings is 2. The highest BCUT2D eigenvalue weighted by atomic mass is 35.5. The van der Waals surface area contributed by atoms with Crippen LogP contribution in [0.1, 0.15) is 18.1 Å². The maximum Gasteiger partial charge on any atom is 0.242 e. The number of methoxy groups -OCH3 is 1. The first kappa shape index (κ1) is 25.6. The molecule has 0 saturated carbocycles. The van der Waals surface area contributed by atoms with Crippen molar-refractivity contribution in [1.82, 2.24) is 14.5 Å². The van der Waals surface area contributed by atoms with Gasteiger partial charge in [0.2, 0.25) is 21.8 Å². The summed E-state index contributed by atoms with van der Waals surface area (Å²) in [7, 11) is -0.683. The zero-order valence-corrected chi connectivity index (χ0v) is 20.1. The van der Waals surface area contributed by atoms with Crippen LogP contribution in [0.5, 0.6) is 5.75 Å². The minimum Gasteiger partial charge on any atom is -0.497 e. The van der Waals surface area contributed by atoms with Gasteiger partial charge in [-0.25, -0.2) is 8.42 Å². The summed E-state index contributed by atoms with van der Waals surface area (Å²) < 4.78 is 29.6. The number of hydrogen-bond acceptors (Lipinski definition) is 5. The summed E-state index contributed by atoms with van der Waals surface area (Å²) in [6, 6.07) is 13.4. The van der Waals surface area contributed by atoms with Gasteiger partial charge in [-0.15, -0.1) is 0 Å². The van der Waals surface area contributed by atoms with E-state index < -0.39 is 22.0 Å². The molecule has 2 amide bonds. The number of carbonyl (C=O) groups is 2. The van der Waals surface area contributed by atoms with Gasteiger partial charge < -0.3 is 15.0 Å². The van der Waals surface area contributed by atoms with Crippen molar-refractivity contribution in [2.24, 2.45) is 0 Å². The third-order valence-electron chi connectivity index (χ3n) is 5.01. The lowest BCUT2D eigenvalue weighted by Crippen LogP contribution is -2.50. The summed E-state index contributed by atoms with van der Waals surface area (Å²) in [5.74, 6) is -0.211. The standard InChI is InChI=1S/C22H28ClN3O5S/c1-16(22(28)24-13-18-7-5-6-8-20(18)23)26(21(27)15-25(2)32(4,29)30)14-17-9-11-19(31-3)12-10-17/h5-12,16H,13-15H2,1-4H3,(H,24,28)/t16-/m0/s1. The third kappa shape index (κ3) is 7.22. The first-order chi connectivity index (χ1) is 15.0. The highest BCUT2D eigenvalue weighted by Crippen LogP contribution is 2.17. The number of sulfonamides is 1. The molecule has 0 radical (unpaired) electrons. The largest absolute Gasteiger partial charge is 0.497 e. The summed E-state index contributed by atoms with van der Waals surface area (Å²) >= 11 is 6.14. The van der Waals surface area contributed by atoms with Crippen molar-refractivity contribution in [2.45, 2.75) is 26.1 Å². The number of likely N-dealkylation sites (N-methyl/N-ethyl adjacent to an activating group) is 1. The Labute approximate surface area is 194 Å². The second-order valence-corrected chi connectivity index (χ2v) is 9.87. The summed E-state index contributed by atoms with van der Waals surface area (Å²) in [5, 5.41) is 3.32. The fraction of sp³-hybridized carbons (Fsp3) is 0.364. The molecule has 0 spiro atoms. The summed E-state index contributed by atoms with van der Waals surface area (Å²) in [6.45, 7) is 1.55. The van der Waals surface area contributed by atoms with Crippen LogP contribution < -0.4 is 10.1 Å². The van der Waals surface area contributed by atoms with Gasteiger partial charge in [-0.2, -0.15) is 4.31 Å². The molecule has 2 aromatic carbocycles. The van der Waals surface area contributed by atoms with Crippen LogP contribution in [-0.4, -0.2) is 62.4 Å². The quantitative estimate of drug-likeness (QED) is 0.561. The van der Waals surface area contributed by atoms with Gasteiger partial charge in [0.25, 0.3) is 0 Å². The van der Waals surface area contributed by atoms with E-state index in [0.29, 0.717) is 10.8 Å². The van der Waals surface area contributed by atoms with Crippen LogP contribution in [0.3, 0.4) is 0 Å². The average molecular weight is 482 g/mol. The lowest BCUT2D eigenvalue weighted by Gasteiger charge is -2.30. The van der Waals surface area contributed by atoms with Crippen LogP contribution in [0, 0.1) is 0 Å². The van der Waals surface area contributed by atoms with Crippen LogP contribution in [0.2, 0.25) is 5.02 Å². The number of hydrogen-bond donors (Lipinski definition) is 1. The van der Waals surface area contributed by atoms with Crippen molar-refractivity contribution >= 4 is 33.4 Å². The van der Waals surface area contributed by atoms with E-state index >= 15 is 0 Å². The number of ether oxygens (including phenoxy) is 1. The molecule has 2 aromatic rings. The normalized spacial score (nSPS) is 12.3. The monoisotopic (exact) mass is 481 g/mol. The van der Waals surface area contributed by atoms with Crippen molar-refractivity contribution < 1.29 is 22.7 Å². The van der Waals surface area contributed by atoms with E-state index in [1.807, 2.05) is 6.07 Å².